The quantitative estimate of drug-likeness (QED) is 0.460. The van der Waals surface area contributed by atoms with Crippen molar-refractivity contribution < 1.29 is 18.3 Å². The fraction of sp³-hybridized carbons (Fsp3) is 0.391. The molecule has 31 heavy (non-hydrogen) atoms. The van der Waals surface area contributed by atoms with Crippen LogP contribution in [0, 0.1) is 11.6 Å². The number of hydrogen-bond donors (Lipinski definition) is 0. The van der Waals surface area contributed by atoms with Crippen molar-refractivity contribution >= 4 is 32.6 Å². The lowest BCUT2D eigenvalue weighted by Crippen LogP contribution is -2.36. The number of halogens is 2. The first-order valence-electron chi connectivity index (χ1n) is 10.2. The van der Waals surface area contributed by atoms with Crippen LogP contribution in [0.4, 0.5) is 13.9 Å². The Morgan fingerprint density at radius 2 is 1.84 bits per heavy atom. The summed E-state index contributed by atoms with van der Waals surface area (Å²) >= 11 is 1.09. The summed E-state index contributed by atoms with van der Waals surface area (Å²) < 4.78 is 33.7. The van der Waals surface area contributed by atoms with Gasteiger partial charge < -0.3 is 9.64 Å². The van der Waals surface area contributed by atoms with Crippen LogP contribution in [0.3, 0.4) is 0 Å². The number of anilines is 1. The molecule has 5 nitrogen and oxygen atoms in total. The fourth-order valence-electron chi connectivity index (χ4n) is 3.10. The molecule has 1 heterocycles. The first-order valence-corrected chi connectivity index (χ1v) is 11.0. The average Bonchev–Trinajstić information content (AvgIpc) is 3.13. The Balaban J connectivity index is 1.77. The Bertz CT molecular complexity index is 1040. The summed E-state index contributed by atoms with van der Waals surface area (Å²) in [6, 6.07) is 9.67. The number of carbonyl (C=O) groups is 1. The molecule has 0 bridgehead atoms. The average molecular weight is 448 g/mol. The van der Waals surface area contributed by atoms with Gasteiger partial charge in [0.1, 0.15) is 17.1 Å². The second-order valence-corrected chi connectivity index (χ2v) is 8.95. The van der Waals surface area contributed by atoms with Crippen LogP contribution in [0.15, 0.2) is 36.4 Å². The minimum Gasteiger partial charge on any atom is -0.484 e. The van der Waals surface area contributed by atoms with Gasteiger partial charge in [0.15, 0.2) is 17.6 Å². The third-order valence-electron chi connectivity index (χ3n) is 4.83. The third kappa shape index (κ3) is 5.98. The number of amides is 1. The number of fused-ring (bicyclic) bond motifs is 1. The molecule has 0 N–H and O–H groups in total. The van der Waals surface area contributed by atoms with Crippen LogP contribution in [-0.2, 0) is 4.79 Å². The second-order valence-electron chi connectivity index (χ2n) is 7.95. The minimum atomic E-state index is -0.736. The van der Waals surface area contributed by atoms with Crippen LogP contribution < -0.4 is 9.64 Å². The van der Waals surface area contributed by atoms with E-state index < -0.39 is 11.6 Å². The highest BCUT2D eigenvalue weighted by Crippen LogP contribution is 2.31. The number of benzene rings is 2. The predicted molar refractivity (Wildman–Crippen MR) is 121 cm³/mol. The summed E-state index contributed by atoms with van der Waals surface area (Å²) in [5.74, 6) is -0.680. The molecule has 2 aromatic carbocycles. The van der Waals surface area contributed by atoms with Crippen molar-refractivity contribution in [2.24, 2.45) is 0 Å². The number of rotatable bonds is 9. The Morgan fingerprint density at radius 1 is 1.13 bits per heavy atom. The first kappa shape index (κ1) is 23.1. The van der Waals surface area contributed by atoms with Crippen molar-refractivity contribution in [2.45, 2.75) is 26.2 Å². The molecule has 8 heteroatoms. The molecule has 1 amide bonds. The van der Waals surface area contributed by atoms with Crippen molar-refractivity contribution in [1.82, 2.24) is 9.88 Å². The number of hydrogen-bond acceptors (Lipinski definition) is 5. The molecule has 0 unspecified atom stereocenters. The zero-order valence-corrected chi connectivity index (χ0v) is 19.0. The Labute approximate surface area is 185 Å². The third-order valence-corrected chi connectivity index (χ3v) is 5.86. The summed E-state index contributed by atoms with van der Waals surface area (Å²) in [6.07, 6.45) is 0.703. The smallest absolute Gasteiger partial charge is 0.266 e. The van der Waals surface area contributed by atoms with Crippen molar-refractivity contribution in [3.8, 4) is 5.75 Å². The van der Waals surface area contributed by atoms with Gasteiger partial charge in [-0.2, -0.15) is 0 Å². The van der Waals surface area contributed by atoms with E-state index in [1.807, 2.05) is 43.3 Å². The summed E-state index contributed by atoms with van der Waals surface area (Å²) in [6.45, 7) is 5.22. The molecule has 1 aromatic heterocycles. The van der Waals surface area contributed by atoms with E-state index in [4.69, 9.17) is 4.74 Å². The lowest BCUT2D eigenvalue weighted by atomic mass is 10.0. The molecule has 0 fully saturated rings. The maximum absolute atomic E-state index is 14.1. The first-order chi connectivity index (χ1) is 14.7. The number of thiazole rings is 1. The van der Waals surface area contributed by atoms with E-state index in [2.05, 4.69) is 18.8 Å². The summed E-state index contributed by atoms with van der Waals surface area (Å²) in [5.41, 5.74) is 1.25. The van der Waals surface area contributed by atoms with E-state index in [-0.39, 0.29) is 18.0 Å². The molecule has 3 aromatic rings. The highest BCUT2D eigenvalue weighted by molar-refractivity contribution is 7.22. The van der Waals surface area contributed by atoms with E-state index in [1.54, 1.807) is 0 Å². The normalized spacial score (nSPS) is 11.5. The summed E-state index contributed by atoms with van der Waals surface area (Å²) in [5, 5.41) is 0.335. The predicted octanol–water partition coefficient (Wildman–Crippen LogP) is 5.06. The minimum absolute atomic E-state index is 0.0667. The van der Waals surface area contributed by atoms with Gasteiger partial charge >= 0.3 is 0 Å². The number of carbonyl (C=O) groups excluding carboxylic acids is 1. The highest BCUT2D eigenvalue weighted by Gasteiger charge is 2.22. The molecule has 0 radical (unpaired) electrons. The van der Waals surface area contributed by atoms with Gasteiger partial charge in [0, 0.05) is 12.6 Å². The van der Waals surface area contributed by atoms with E-state index in [1.165, 1.54) is 16.5 Å². The monoisotopic (exact) mass is 447 g/mol. The van der Waals surface area contributed by atoms with Gasteiger partial charge in [-0.25, -0.2) is 13.8 Å². The van der Waals surface area contributed by atoms with Crippen molar-refractivity contribution in [3.63, 3.8) is 0 Å². The van der Waals surface area contributed by atoms with Gasteiger partial charge in [0.25, 0.3) is 5.91 Å². The number of aromatic nitrogens is 1. The van der Waals surface area contributed by atoms with Crippen LogP contribution >= 0.6 is 11.3 Å². The van der Waals surface area contributed by atoms with Crippen molar-refractivity contribution in [3.05, 3.63) is 53.6 Å². The highest BCUT2D eigenvalue weighted by atomic mass is 32.1. The van der Waals surface area contributed by atoms with Gasteiger partial charge in [-0.05, 0) is 56.7 Å². The molecular formula is C23H27F2N3O2S. The molecule has 0 saturated heterocycles. The van der Waals surface area contributed by atoms with Gasteiger partial charge in [0.2, 0.25) is 0 Å². The van der Waals surface area contributed by atoms with Crippen LogP contribution in [0.1, 0.15) is 31.7 Å². The Kier molecular flexibility index (Phi) is 7.56. The van der Waals surface area contributed by atoms with Gasteiger partial charge in [-0.1, -0.05) is 37.3 Å². The fourth-order valence-corrected chi connectivity index (χ4v) is 4.15. The molecule has 0 spiro atoms. The van der Waals surface area contributed by atoms with Gasteiger partial charge in [-0.3, -0.25) is 9.69 Å². The number of nitrogens with zero attached hydrogens (tertiary/aromatic N) is 3. The Hall–Kier alpha value is -2.58. The van der Waals surface area contributed by atoms with Crippen LogP contribution in [-0.4, -0.2) is 49.6 Å². The molecule has 3 rings (SSSR count). The van der Waals surface area contributed by atoms with E-state index in [0.717, 1.165) is 23.9 Å². The molecular weight excluding hydrogens is 420 g/mol. The summed E-state index contributed by atoms with van der Waals surface area (Å²) in [7, 11) is 3.90. The SMILES string of the molecule is CC(C)c1ccc(OCC(=O)N(CCCN(C)C)c2nc3c(F)cc(F)cc3s2)cc1. The zero-order valence-electron chi connectivity index (χ0n) is 18.2. The molecule has 0 aliphatic rings. The van der Waals surface area contributed by atoms with Gasteiger partial charge in [0.05, 0.1) is 4.70 Å². The molecule has 0 atom stereocenters. The molecule has 0 saturated carbocycles. The molecule has 166 valence electrons. The Morgan fingerprint density at radius 3 is 2.48 bits per heavy atom. The second kappa shape index (κ2) is 10.2. The van der Waals surface area contributed by atoms with E-state index >= 15 is 0 Å². The van der Waals surface area contributed by atoms with Crippen LogP contribution in [0.25, 0.3) is 10.2 Å². The summed E-state index contributed by atoms with van der Waals surface area (Å²) in [4.78, 5) is 20.8. The number of ether oxygens (including phenoxy) is 1. The van der Waals surface area contributed by atoms with Crippen LogP contribution in [0.2, 0.25) is 0 Å². The zero-order chi connectivity index (χ0) is 22.5. The van der Waals surface area contributed by atoms with Crippen molar-refractivity contribution in [1.29, 1.82) is 0 Å². The lowest BCUT2D eigenvalue weighted by Gasteiger charge is -2.21. The molecule has 0 aliphatic heterocycles. The maximum atomic E-state index is 14.1. The lowest BCUT2D eigenvalue weighted by molar-refractivity contribution is -0.120. The van der Waals surface area contributed by atoms with Crippen molar-refractivity contribution in [2.75, 3.05) is 38.7 Å². The van der Waals surface area contributed by atoms with Crippen LogP contribution in [0.5, 0.6) is 5.75 Å². The van der Waals surface area contributed by atoms with E-state index in [9.17, 15) is 13.6 Å². The maximum Gasteiger partial charge on any atom is 0.266 e. The molecule has 0 aliphatic carbocycles. The van der Waals surface area contributed by atoms with E-state index in [0.29, 0.717) is 34.5 Å². The van der Waals surface area contributed by atoms with Gasteiger partial charge in [-0.15, -0.1) is 0 Å². The standard InChI is InChI=1S/C23H27F2N3O2S/c1-15(2)16-6-8-18(9-7-16)30-14-21(29)28(11-5-10-27(3)4)23-26-22-19(25)12-17(24)13-20(22)31-23/h6-9,12-13,15H,5,10-11,14H2,1-4H3. The topological polar surface area (TPSA) is 45.7 Å². The largest absolute Gasteiger partial charge is 0.484 e.